The van der Waals surface area contributed by atoms with Crippen molar-refractivity contribution in [2.75, 3.05) is 13.2 Å². The number of nitrogens with zero attached hydrogens (tertiary/aromatic N) is 1. The lowest BCUT2D eigenvalue weighted by Crippen LogP contribution is -2.57. The van der Waals surface area contributed by atoms with E-state index in [4.69, 9.17) is 5.73 Å². The zero-order valence-corrected chi connectivity index (χ0v) is 20.0. The van der Waals surface area contributed by atoms with E-state index in [0.29, 0.717) is 32.2 Å². The van der Waals surface area contributed by atoms with E-state index >= 15 is 0 Å². The Hall–Kier alpha value is -2.69. The van der Waals surface area contributed by atoms with Gasteiger partial charge in [-0.05, 0) is 31.1 Å². The molecule has 1 heterocycles. The van der Waals surface area contributed by atoms with Crippen LogP contribution in [0.3, 0.4) is 0 Å². The summed E-state index contributed by atoms with van der Waals surface area (Å²) in [4.78, 5) is 62.5. The molecule has 0 bridgehead atoms. The predicted octanol–water partition coefficient (Wildman–Crippen LogP) is -0.978. The van der Waals surface area contributed by atoms with E-state index in [2.05, 4.69) is 16.0 Å². The van der Waals surface area contributed by atoms with Crippen LogP contribution >= 0.6 is 0 Å². The van der Waals surface area contributed by atoms with Crippen molar-refractivity contribution in [1.29, 1.82) is 0 Å². The molecule has 0 aromatic carbocycles. The molecule has 1 aliphatic heterocycles. The number of aliphatic hydroxyl groups excluding tert-OH is 1. The summed E-state index contributed by atoms with van der Waals surface area (Å²) >= 11 is 0. The molecule has 0 aromatic heterocycles. The Labute approximate surface area is 195 Å². The van der Waals surface area contributed by atoms with Gasteiger partial charge in [-0.15, -0.1) is 0 Å². The topological polar surface area (TPSA) is 171 Å². The number of amides is 5. The van der Waals surface area contributed by atoms with Crippen molar-refractivity contribution in [2.45, 2.75) is 84.0 Å². The Kier molecular flexibility index (Phi) is 11.8. The van der Waals surface area contributed by atoms with Crippen LogP contribution in [0.15, 0.2) is 0 Å². The summed E-state index contributed by atoms with van der Waals surface area (Å²) in [5, 5.41) is 17.4. The van der Waals surface area contributed by atoms with Gasteiger partial charge in [0.15, 0.2) is 0 Å². The van der Waals surface area contributed by atoms with Crippen LogP contribution in [0, 0.1) is 11.8 Å². The number of hydrogen-bond acceptors (Lipinski definition) is 6. The summed E-state index contributed by atoms with van der Waals surface area (Å²) in [6.45, 7) is 7.86. The first-order valence-electron chi connectivity index (χ1n) is 11.6. The lowest BCUT2D eigenvalue weighted by atomic mass is 9.99. The lowest BCUT2D eigenvalue weighted by Gasteiger charge is -2.31. The maximum atomic E-state index is 13.4. The Morgan fingerprint density at radius 1 is 1.15 bits per heavy atom. The predicted molar refractivity (Wildman–Crippen MR) is 121 cm³/mol. The molecule has 0 aromatic rings. The largest absolute Gasteiger partial charge is 0.394 e. The van der Waals surface area contributed by atoms with E-state index in [1.54, 1.807) is 0 Å². The van der Waals surface area contributed by atoms with Gasteiger partial charge in [-0.1, -0.05) is 34.1 Å². The van der Waals surface area contributed by atoms with Gasteiger partial charge in [0.2, 0.25) is 30.0 Å². The van der Waals surface area contributed by atoms with Crippen molar-refractivity contribution in [1.82, 2.24) is 20.9 Å². The van der Waals surface area contributed by atoms with Crippen LogP contribution in [0.1, 0.15) is 59.8 Å². The van der Waals surface area contributed by atoms with Crippen molar-refractivity contribution in [3.05, 3.63) is 0 Å². The highest BCUT2D eigenvalue weighted by Crippen LogP contribution is 2.21. The number of nitrogens with two attached hydrogens (primary N) is 1. The van der Waals surface area contributed by atoms with E-state index in [0.717, 1.165) is 6.42 Å². The average Bonchev–Trinajstić information content (AvgIpc) is 3.24. The number of nitrogens with one attached hydrogen (secondary N) is 3. The molecule has 11 nitrogen and oxygen atoms in total. The van der Waals surface area contributed by atoms with Gasteiger partial charge in [-0.2, -0.15) is 0 Å². The van der Waals surface area contributed by atoms with Gasteiger partial charge in [-0.3, -0.25) is 24.0 Å². The van der Waals surface area contributed by atoms with Crippen LogP contribution in [0.25, 0.3) is 0 Å². The molecule has 188 valence electrons. The second kappa shape index (κ2) is 13.8. The summed E-state index contributed by atoms with van der Waals surface area (Å²) in [5.74, 6) is -2.08. The highest BCUT2D eigenvalue weighted by molar-refractivity contribution is 5.95. The molecule has 1 rings (SSSR count). The van der Waals surface area contributed by atoms with Gasteiger partial charge >= 0.3 is 0 Å². The zero-order valence-electron chi connectivity index (χ0n) is 20.0. The molecule has 5 unspecified atom stereocenters. The smallest absolute Gasteiger partial charge is 0.245 e. The van der Waals surface area contributed by atoms with Crippen molar-refractivity contribution >= 4 is 30.0 Å². The number of rotatable bonds is 14. The van der Waals surface area contributed by atoms with Crippen LogP contribution < -0.4 is 21.7 Å². The van der Waals surface area contributed by atoms with Crippen LogP contribution in [-0.4, -0.2) is 77.4 Å². The number of hydrogen-bond donors (Lipinski definition) is 5. The number of likely N-dealkylation sites (tertiary alicyclic amines) is 1. The molecule has 6 N–H and O–H groups in total. The second-order valence-corrected chi connectivity index (χ2v) is 9.07. The first-order valence-corrected chi connectivity index (χ1v) is 11.6. The summed E-state index contributed by atoms with van der Waals surface area (Å²) in [6, 6.07) is -3.23. The molecule has 11 heteroatoms. The third kappa shape index (κ3) is 8.64. The second-order valence-electron chi connectivity index (χ2n) is 9.07. The lowest BCUT2D eigenvalue weighted by molar-refractivity contribution is -0.142. The first kappa shape index (κ1) is 28.3. The molecular weight excluding hydrogens is 430 g/mol. The van der Waals surface area contributed by atoms with Crippen molar-refractivity contribution in [3.8, 4) is 0 Å². The Morgan fingerprint density at radius 3 is 2.33 bits per heavy atom. The van der Waals surface area contributed by atoms with Gasteiger partial charge < -0.3 is 31.7 Å². The minimum absolute atomic E-state index is 0.0481. The summed E-state index contributed by atoms with van der Waals surface area (Å²) in [7, 11) is 0. The monoisotopic (exact) mass is 469 g/mol. The summed E-state index contributed by atoms with van der Waals surface area (Å²) in [6.07, 6.45) is 2.10. The quantitative estimate of drug-likeness (QED) is 0.205. The molecule has 5 amide bonds. The third-order valence-corrected chi connectivity index (χ3v) is 6.01. The van der Waals surface area contributed by atoms with E-state index < -0.39 is 48.3 Å². The van der Waals surface area contributed by atoms with Crippen LogP contribution in [0.4, 0.5) is 0 Å². The molecule has 1 saturated heterocycles. The van der Waals surface area contributed by atoms with Crippen LogP contribution in [0.2, 0.25) is 0 Å². The fourth-order valence-electron chi connectivity index (χ4n) is 3.91. The molecule has 0 saturated carbocycles. The van der Waals surface area contributed by atoms with Crippen molar-refractivity contribution in [2.24, 2.45) is 17.6 Å². The van der Waals surface area contributed by atoms with Gasteiger partial charge in [-0.25, -0.2) is 0 Å². The zero-order chi connectivity index (χ0) is 25.1. The summed E-state index contributed by atoms with van der Waals surface area (Å²) < 4.78 is 0. The van der Waals surface area contributed by atoms with Crippen LogP contribution in [-0.2, 0) is 24.0 Å². The number of carbonyl (C=O) groups excluding carboxylic acids is 5. The van der Waals surface area contributed by atoms with E-state index in [-0.39, 0.29) is 24.3 Å². The highest BCUT2D eigenvalue weighted by atomic mass is 16.3. The fraction of sp³-hybridized carbons (Fsp3) is 0.773. The minimum atomic E-state index is -1.19. The SMILES string of the molecule is CCC(C)C(CO)NC(=O)C1CCCN1C(=O)C(CC(C)C)NC(=O)C(CC(N)=O)NC=O. The molecule has 0 radical (unpaired) electrons. The molecule has 1 aliphatic rings. The average molecular weight is 470 g/mol. The molecule has 1 fully saturated rings. The number of aliphatic hydroxyl groups is 1. The number of primary amides is 1. The Balaban J connectivity index is 3.00. The maximum Gasteiger partial charge on any atom is 0.245 e. The fourth-order valence-corrected chi connectivity index (χ4v) is 3.91. The first-order chi connectivity index (χ1) is 15.5. The maximum absolute atomic E-state index is 13.4. The van der Waals surface area contributed by atoms with Gasteiger partial charge in [0.1, 0.15) is 18.1 Å². The summed E-state index contributed by atoms with van der Waals surface area (Å²) in [5.41, 5.74) is 5.15. The normalized spacial score (nSPS) is 19.3. The van der Waals surface area contributed by atoms with E-state index in [1.807, 2.05) is 27.7 Å². The van der Waals surface area contributed by atoms with Gasteiger partial charge in [0, 0.05) is 6.54 Å². The van der Waals surface area contributed by atoms with E-state index in [9.17, 15) is 29.1 Å². The Morgan fingerprint density at radius 2 is 1.82 bits per heavy atom. The van der Waals surface area contributed by atoms with E-state index in [1.165, 1.54) is 4.90 Å². The van der Waals surface area contributed by atoms with Crippen molar-refractivity contribution in [3.63, 3.8) is 0 Å². The third-order valence-electron chi connectivity index (χ3n) is 6.01. The molecule has 0 spiro atoms. The Bertz CT molecular complexity index is 701. The minimum Gasteiger partial charge on any atom is -0.394 e. The highest BCUT2D eigenvalue weighted by Gasteiger charge is 2.39. The van der Waals surface area contributed by atoms with Crippen molar-refractivity contribution < 1.29 is 29.1 Å². The van der Waals surface area contributed by atoms with Crippen LogP contribution in [0.5, 0.6) is 0 Å². The molecule has 0 aliphatic carbocycles. The van der Waals surface area contributed by atoms with Gasteiger partial charge in [0.05, 0.1) is 19.1 Å². The molecule has 5 atom stereocenters. The molecular formula is C22H39N5O6. The number of carbonyl (C=O) groups is 5. The molecule has 33 heavy (non-hydrogen) atoms. The standard InChI is InChI=1S/C22H39N5O6/c1-5-14(4)17(11-28)26-21(32)18-7-6-8-27(18)22(33)16(9-13(2)3)25-20(31)15(24-12-29)10-19(23)30/h12-18,28H,5-11H2,1-4H3,(H2,23,30)(H,24,29)(H,25,31)(H,26,32). The van der Waals surface area contributed by atoms with Gasteiger partial charge in [0.25, 0.3) is 0 Å².